The molecule has 0 aliphatic rings. The van der Waals surface area contributed by atoms with E-state index in [1.165, 1.54) is 23.7 Å². The molecule has 106 valence electrons. The number of sulfonamides is 1. The standard InChI is InChI=1S/C13H16N4O2S/c1-10-4-6-11(7-5-10)17(3)20(18,19)12-8-15-13(14-2)16-9-12/h4-9H,1-3H3,(H,14,15,16). The van der Waals surface area contributed by atoms with Crippen molar-refractivity contribution < 1.29 is 8.42 Å². The third-order valence-corrected chi connectivity index (χ3v) is 4.65. The van der Waals surface area contributed by atoms with Crippen molar-refractivity contribution >= 4 is 21.7 Å². The lowest BCUT2D eigenvalue weighted by Gasteiger charge is -2.19. The minimum absolute atomic E-state index is 0.0552. The number of aromatic nitrogens is 2. The molecule has 2 rings (SSSR count). The van der Waals surface area contributed by atoms with E-state index in [2.05, 4.69) is 15.3 Å². The van der Waals surface area contributed by atoms with Crippen LogP contribution in [0.15, 0.2) is 41.6 Å². The molecule has 0 amide bonds. The van der Waals surface area contributed by atoms with Gasteiger partial charge in [-0.1, -0.05) is 17.7 Å². The minimum Gasteiger partial charge on any atom is -0.357 e. The number of nitrogens with one attached hydrogen (secondary N) is 1. The molecule has 0 bridgehead atoms. The Morgan fingerprint density at radius 1 is 1.10 bits per heavy atom. The Labute approximate surface area is 118 Å². The van der Waals surface area contributed by atoms with E-state index in [0.29, 0.717) is 11.6 Å². The lowest BCUT2D eigenvalue weighted by molar-refractivity contribution is 0.593. The number of anilines is 2. The molecule has 0 aliphatic carbocycles. The van der Waals surface area contributed by atoms with E-state index < -0.39 is 10.0 Å². The highest BCUT2D eigenvalue weighted by atomic mass is 32.2. The Balaban J connectivity index is 2.35. The van der Waals surface area contributed by atoms with Gasteiger partial charge in [0.1, 0.15) is 4.90 Å². The molecule has 0 unspecified atom stereocenters. The monoisotopic (exact) mass is 292 g/mol. The first-order chi connectivity index (χ1) is 9.45. The maximum atomic E-state index is 12.4. The van der Waals surface area contributed by atoms with Crippen molar-refractivity contribution in [3.8, 4) is 0 Å². The van der Waals surface area contributed by atoms with Gasteiger partial charge in [-0.3, -0.25) is 4.31 Å². The molecule has 0 fully saturated rings. The molecule has 1 aromatic carbocycles. The minimum atomic E-state index is -3.65. The molecule has 6 nitrogen and oxygen atoms in total. The van der Waals surface area contributed by atoms with E-state index in [-0.39, 0.29) is 4.90 Å². The number of hydrogen-bond donors (Lipinski definition) is 1. The normalized spacial score (nSPS) is 11.2. The maximum absolute atomic E-state index is 12.4. The molecule has 2 aromatic rings. The number of aryl methyl sites for hydroxylation is 1. The molecule has 0 atom stereocenters. The highest BCUT2D eigenvalue weighted by molar-refractivity contribution is 7.92. The first-order valence-electron chi connectivity index (χ1n) is 6.00. The van der Waals surface area contributed by atoms with Gasteiger partial charge in [0, 0.05) is 14.1 Å². The van der Waals surface area contributed by atoms with Crippen LogP contribution in [0.3, 0.4) is 0 Å². The van der Waals surface area contributed by atoms with Gasteiger partial charge in [0.2, 0.25) is 5.95 Å². The van der Waals surface area contributed by atoms with Crippen LogP contribution >= 0.6 is 0 Å². The summed E-state index contributed by atoms with van der Waals surface area (Å²) >= 11 is 0. The van der Waals surface area contributed by atoms with E-state index in [1.807, 2.05) is 19.1 Å². The molecule has 0 saturated heterocycles. The molecular weight excluding hydrogens is 276 g/mol. The van der Waals surface area contributed by atoms with Crippen molar-refractivity contribution in [2.75, 3.05) is 23.7 Å². The molecule has 0 saturated carbocycles. The van der Waals surface area contributed by atoms with Crippen molar-refractivity contribution in [3.63, 3.8) is 0 Å². The van der Waals surface area contributed by atoms with Crippen LogP contribution in [0.5, 0.6) is 0 Å². The van der Waals surface area contributed by atoms with E-state index in [1.54, 1.807) is 19.2 Å². The quantitative estimate of drug-likeness (QED) is 0.927. The SMILES string of the molecule is CNc1ncc(S(=O)(=O)N(C)c2ccc(C)cc2)cn1. The third kappa shape index (κ3) is 2.72. The molecule has 1 N–H and O–H groups in total. The van der Waals surface area contributed by atoms with Crippen LogP contribution in [-0.4, -0.2) is 32.5 Å². The summed E-state index contributed by atoms with van der Waals surface area (Å²) < 4.78 is 26.1. The Morgan fingerprint density at radius 2 is 1.65 bits per heavy atom. The van der Waals surface area contributed by atoms with Gasteiger partial charge in [0.15, 0.2) is 0 Å². The van der Waals surface area contributed by atoms with Gasteiger partial charge >= 0.3 is 0 Å². The molecular formula is C13H16N4O2S. The van der Waals surface area contributed by atoms with Gasteiger partial charge in [0.05, 0.1) is 18.1 Å². The Kier molecular flexibility index (Phi) is 3.89. The highest BCUT2D eigenvalue weighted by Crippen LogP contribution is 2.21. The molecule has 0 aliphatic heterocycles. The highest BCUT2D eigenvalue weighted by Gasteiger charge is 2.22. The first kappa shape index (κ1) is 14.3. The van der Waals surface area contributed by atoms with E-state index in [0.717, 1.165) is 5.56 Å². The van der Waals surface area contributed by atoms with Crippen molar-refractivity contribution in [3.05, 3.63) is 42.2 Å². The van der Waals surface area contributed by atoms with Crippen LogP contribution in [0, 0.1) is 6.92 Å². The second-order valence-electron chi connectivity index (χ2n) is 4.30. The van der Waals surface area contributed by atoms with Crippen LogP contribution < -0.4 is 9.62 Å². The summed E-state index contributed by atoms with van der Waals surface area (Å²) in [5.41, 5.74) is 1.66. The van der Waals surface area contributed by atoms with Crippen molar-refractivity contribution in [2.24, 2.45) is 0 Å². The Hall–Kier alpha value is -2.15. The van der Waals surface area contributed by atoms with E-state index >= 15 is 0 Å². The Morgan fingerprint density at radius 3 is 2.15 bits per heavy atom. The zero-order valence-electron chi connectivity index (χ0n) is 11.5. The van der Waals surface area contributed by atoms with Crippen LogP contribution in [0.1, 0.15) is 5.56 Å². The van der Waals surface area contributed by atoms with Gasteiger partial charge in [0.25, 0.3) is 10.0 Å². The van der Waals surface area contributed by atoms with Crippen LogP contribution in [0.4, 0.5) is 11.6 Å². The van der Waals surface area contributed by atoms with E-state index in [4.69, 9.17) is 0 Å². The first-order valence-corrected chi connectivity index (χ1v) is 7.44. The summed E-state index contributed by atoms with van der Waals surface area (Å²) in [4.78, 5) is 7.91. The number of nitrogens with zero attached hydrogens (tertiary/aromatic N) is 3. The lowest BCUT2D eigenvalue weighted by Crippen LogP contribution is -2.26. The molecule has 20 heavy (non-hydrogen) atoms. The summed E-state index contributed by atoms with van der Waals surface area (Å²) in [6.45, 7) is 1.95. The Bertz CT molecular complexity index is 681. The average molecular weight is 292 g/mol. The lowest BCUT2D eigenvalue weighted by atomic mass is 10.2. The van der Waals surface area contributed by atoms with Gasteiger partial charge in [-0.2, -0.15) is 0 Å². The average Bonchev–Trinajstić information content (AvgIpc) is 2.47. The molecule has 1 aromatic heterocycles. The largest absolute Gasteiger partial charge is 0.357 e. The topological polar surface area (TPSA) is 75.2 Å². The zero-order chi connectivity index (χ0) is 14.8. The van der Waals surface area contributed by atoms with Crippen LogP contribution in [-0.2, 0) is 10.0 Å². The number of hydrogen-bond acceptors (Lipinski definition) is 5. The van der Waals surface area contributed by atoms with Crippen molar-refractivity contribution in [1.82, 2.24) is 9.97 Å². The van der Waals surface area contributed by atoms with Crippen LogP contribution in [0.25, 0.3) is 0 Å². The van der Waals surface area contributed by atoms with Gasteiger partial charge in [-0.05, 0) is 19.1 Å². The fourth-order valence-corrected chi connectivity index (χ4v) is 2.72. The fourth-order valence-electron chi connectivity index (χ4n) is 1.63. The van der Waals surface area contributed by atoms with Crippen molar-refractivity contribution in [1.29, 1.82) is 0 Å². The summed E-state index contributed by atoms with van der Waals surface area (Å²) in [5.74, 6) is 0.377. The third-order valence-electron chi connectivity index (χ3n) is 2.91. The zero-order valence-corrected chi connectivity index (χ0v) is 12.3. The van der Waals surface area contributed by atoms with E-state index in [9.17, 15) is 8.42 Å². The summed E-state index contributed by atoms with van der Waals surface area (Å²) in [6, 6.07) is 7.25. The van der Waals surface area contributed by atoms with Gasteiger partial charge < -0.3 is 5.32 Å². The second-order valence-corrected chi connectivity index (χ2v) is 6.27. The van der Waals surface area contributed by atoms with Gasteiger partial charge in [-0.25, -0.2) is 18.4 Å². The van der Waals surface area contributed by atoms with Crippen molar-refractivity contribution in [2.45, 2.75) is 11.8 Å². The second kappa shape index (κ2) is 5.46. The molecule has 0 radical (unpaired) electrons. The number of benzene rings is 1. The van der Waals surface area contributed by atoms with Crippen LogP contribution in [0.2, 0.25) is 0 Å². The summed E-state index contributed by atoms with van der Waals surface area (Å²) in [6.07, 6.45) is 2.58. The molecule has 7 heteroatoms. The predicted octanol–water partition coefficient (Wildman–Crippen LogP) is 1.65. The smallest absolute Gasteiger partial charge is 0.267 e. The maximum Gasteiger partial charge on any atom is 0.267 e. The predicted molar refractivity (Wildman–Crippen MR) is 78.3 cm³/mol. The molecule has 0 spiro atoms. The molecule has 1 heterocycles. The van der Waals surface area contributed by atoms with Gasteiger partial charge in [-0.15, -0.1) is 0 Å². The summed E-state index contributed by atoms with van der Waals surface area (Å²) in [7, 11) is -0.475. The number of rotatable bonds is 4. The fraction of sp³-hybridized carbons (Fsp3) is 0.231. The summed E-state index contributed by atoms with van der Waals surface area (Å²) in [5, 5.41) is 2.74.